The average molecular weight is 895 g/mol. The van der Waals surface area contributed by atoms with E-state index in [0.29, 0.717) is 36.1 Å². The second kappa shape index (κ2) is 20.2. The number of amides is 2. The van der Waals surface area contributed by atoms with E-state index in [2.05, 4.69) is 32.6 Å². The highest BCUT2D eigenvalue weighted by Gasteiger charge is 2.57. The normalized spacial score (nSPS) is 27.2. The lowest BCUT2D eigenvalue weighted by molar-refractivity contribution is -0.123. The van der Waals surface area contributed by atoms with Crippen LogP contribution in [-0.4, -0.2) is 79.3 Å². The third-order valence-electron chi connectivity index (χ3n) is 15.6. The Bertz CT molecular complexity index is 2350. The lowest BCUT2D eigenvalue weighted by atomic mass is 9.88. The number of rotatable bonds is 12. The molecule has 0 radical (unpaired) electrons. The van der Waals surface area contributed by atoms with Crippen molar-refractivity contribution < 1.29 is 19.8 Å². The number of para-hydroxylation sites is 2. The molecule has 4 aromatic rings. The lowest BCUT2D eigenvalue weighted by Gasteiger charge is -2.32. The fourth-order valence-electron chi connectivity index (χ4n) is 12.7. The monoisotopic (exact) mass is 895 g/mol. The van der Waals surface area contributed by atoms with Gasteiger partial charge < -0.3 is 30.0 Å². The maximum absolute atomic E-state index is 13.6. The van der Waals surface area contributed by atoms with Crippen molar-refractivity contribution in [2.45, 2.75) is 102 Å². The molecule has 8 atom stereocenters. The van der Waals surface area contributed by atoms with Gasteiger partial charge in [-0.15, -0.1) is 0 Å². The Morgan fingerprint density at radius 2 is 0.955 bits per heavy atom. The molecule has 12 heteroatoms. The van der Waals surface area contributed by atoms with Crippen LogP contribution in [0, 0.1) is 35.5 Å². The van der Waals surface area contributed by atoms with Crippen LogP contribution >= 0.6 is 0 Å². The van der Waals surface area contributed by atoms with E-state index in [9.17, 15) is 29.4 Å². The molecule has 6 heterocycles. The Balaban J connectivity index is 0.000000166. The highest BCUT2D eigenvalue weighted by Crippen LogP contribution is 2.52. The van der Waals surface area contributed by atoms with E-state index in [1.165, 1.54) is 51.4 Å². The maximum Gasteiger partial charge on any atom is 0.258 e. The minimum Gasteiger partial charge on any atom is -0.396 e. The van der Waals surface area contributed by atoms with Crippen molar-refractivity contribution in [1.82, 2.24) is 18.9 Å². The molecule has 0 unspecified atom stereocenters. The fraction of sp³-hybridized carbons (Fsp3) is 0.481. The number of hydrogen-bond donors (Lipinski definition) is 4. The molecule has 2 amide bonds. The molecule has 2 aliphatic carbocycles. The summed E-state index contributed by atoms with van der Waals surface area (Å²) >= 11 is 0. The number of nitrogens with zero attached hydrogens (tertiary/aromatic N) is 4. The molecule has 0 bridgehead atoms. The largest absolute Gasteiger partial charge is 0.396 e. The zero-order chi connectivity index (χ0) is 45.9. The van der Waals surface area contributed by atoms with Gasteiger partial charge in [-0.3, -0.25) is 29.0 Å². The van der Waals surface area contributed by atoms with Crippen molar-refractivity contribution in [3.63, 3.8) is 0 Å². The number of allylic oxidation sites excluding steroid dienone is 2. The van der Waals surface area contributed by atoms with Gasteiger partial charge in [0.1, 0.15) is 0 Å². The van der Waals surface area contributed by atoms with Crippen molar-refractivity contribution in [2.24, 2.45) is 35.5 Å². The first kappa shape index (κ1) is 45.7. The molecule has 348 valence electrons. The van der Waals surface area contributed by atoms with Gasteiger partial charge in [0, 0.05) is 97.0 Å². The molecular formula is C54H66N6O6. The molecule has 4 fully saturated rings. The van der Waals surface area contributed by atoms with Crippen molar-refractivity contribution >= 4 is 35.3 Å². The summed E-state index contributed by atoms with van der Waals surface area (Å²) in [6.45, 7) is 6.43. The standard InChI is InChI=1S/2C27H33N3O3/c2*1-2-8-19-13-14-23-24-21(16-29(23)27(19)33)22(17-31)25(30(24)15-18-9-6-7-10-18)26(32)28-20-11-4-3-5-12-20/h2*2-5,8,11-14,18,21-22,24-25,31H,6-7,9-10,15-17H2,1H3,(H,28,32)/b8-2+;8-2-/t2*21-,22-,24+,25-/m11/s1. The van der Waals surface area contributed by atoms with Gasteiger partial charge in [-0.05, 0) is 99.9 Å². The second-order valence-electron chi connectivity index (χ2n) is 19.5. The van der Waals surface area contributed by atoms with Crippen molar-refractivity contribution in [2.75, 3.05) is 36.9 Å². The first-order chi connectivity index (χ1) is 32.2. The number of pyridine rings is 2. The summed E-state index contributed by atoms with van der Waals surface area (Å²) in [6.07, 6.45) is 17.1. The zero-order valence-electron chi connectivity index (χ0n) is 38.4. The third-order valence-corrected chi connectivity index (χ3v) is 15.6. The number of carbonyl (C=O) groups excluding carboxylic acids is 2. The molecule has 10 rings (SSSR count). The summed E-state index contributed by atoms with van der Waals surface area (Å²) in [4.78, 5) is 58.1. The average Bonchev–Trinajstić information content (AvgIpc) is 4.20. The molecule has 4 aliphatic heterocycles. The second-order valence-corrected chi connectivity index (χ2v) is 19.5. The van der Waals surface area contributed by atoms with Crippen LogP contribution in [0.3, 0.4) is 0 Å². The van der Waals surface area contributed by atoms with E-state index >= 15 is 0 Å². The molecular weight excluding hydrogens is 829 g/mol. The fourth-order valence-corrected chi connectivity index (χ4v) is 12.7. The van der Waals surface area contributed by atoms with Gasteiger partial charge in [-0.25, -0.2) is 0 Å². The van der Waals surface area contributed by atoms with Crippen LogP contribution in [0.1, 0.15) is 99.8 Å². The number of nitrogens with one attached hydrogen (secondary N) is 2. The molecule has 2 aromatic carbocycles. The van der Waals surface area contributed by atoms with E-state index in [1.807, 2.05) is 120 Å². The Labute approximate surface area is 388 Å². The predicted octanol–water partition coefficient (Wildman–Crippen LogP) is 7.35. The smallest absolute Gasteiger partial charge is 0.258 e. The first-order valence-corrected chi connectivity index (χ1v) is 24.4. The van der Waals surface area contributed by atoms with Gasteiger partial charge >= 0.3 is 0 Å². The van der Waals surface area contributed by atoms with E-state index < -0.39 is 12.1 Å². The quantitative estimate of drug-likeness (QED) is 0.116. The number of fused-ring (bicyclic) bond motifs is 6. The van der Waals surface area contributed by atoms with Gasteiger partial charge in [0.15, 0.2) is 0 Å². The van der Waals surface area contributed by atoms with Gasteiger partial charge in [0.25, 0.3) is 11.1 Å². The highest BCUT2D eigenvalue weighted by molar-refractivity contribution is 5.96. The summed E-state index contributed by atoms with van der Waals surface area (Å²) in [5.41, 5.74) is 4.89. The van der Waals surface area contributed by atoms with Crippen molar-refractivity contribution in [3.05, 3.63) is 140 Å². The molecule has 6 aliphatic rings. The van der Waals surface area contributed by atoms with Gasteiger partial charge in [-0.2, -0.15) is 0 Å². The number of hydrogen-bond acceptors (Lipinski definition) is 8. The van der Waals surface area contributed by atoms with E-state index in [1.54, 1.807) is 0 Å². The third kappa shape index (κ3) is 8.80. The Hall–Kier alpha value is -5.40. The topological polar surface area (TPSA) is 149 Å². The summed E-state index contributed by atoms with van der Waals surface area (Å²) in [5, 5.41) is 27.1. The molecule has 12 nitrogen and oxygen atoms in total. The number of aromatic nitrogens is 2. The number of anilines is 2. The van der Waals surface area contributed by atoms with E-state index in [4.69, 9.17) is 0 Å². The Morgan fingerprint density at radius 3 is 1.30 bits per heavy atom. The molecule has 2 saturated carbocycles. The van der Waals surface area contributed by atoms with Crippen LogP contribution in [0.2, 0.25) is 0 Å². The molecule has 4 N–H and O–H groups in total. The molecule has 0 spiro atoms. The van der Waals surface area contributed by atoms with Crippen LogP contribution in [0.25, 0.3) is 12.2 Å². The predicted molar refractivity (Wildman–Crippen MR) is 259 cm³/mol. The number of benzene rings is 2. The van der Waals surface area contributed by atoms with Crippen LogP contribution in [0.15, 0.2) is 107 Å². The van der Waals surface area contributed by atoms with Gasteiger partial charge in [0.05, 0.1) is 24.2 Å². The molecule has 66 heavy (non-hydrogen) atoms. The van der Waals surface area contributed by atoms with Crippen LogP contribution in [-0.2, 0) is 22.7 Å². The summed E-state index contributed by atoms with van der Waals surface area (Å²) in [6, 6.07) is 26.1. The minimum atomic E-state index is -0.412. The van der Waals surface area contributed by atoms with E-state index in [-0.39, 0.29) is 71.9 Å². The maximum atomic E-state index is 13.6. The molecule has 2 aromatic heterocycles. The molecule has 2 saturated heterocycles. The van der Waals surface area contributed by atoms with Crippen LogP contribution < -0.4 is 21.8 Å². The summed E-state index contributed by atoms with van der Waals surface area (Å²) < 4.78 is 3.75. The number of aliphatic hydroxyl groups is 2. The number of likely N-dealkylation sites (tertiary alicyclic amines) is 2. The zero-order valence-corrected chi connectivity index (χ0v) is 38.4. The number of carbonyl (C=O) groups is 2. The van der Waals surface area contributed by atoms with Crippen molar-refractivity contribution in [1.29, 1.82) is 0 Å². The Morgan fingerprint density at radius 1 is 0.576 bits per heavy atom. The van der Waals surface area contributed by atoms with Gasteiger partial charge in [0.2, 0.25) is 11.8 Å². The van der Waals surface area contributed by atoms with Crippen molar-refractivity contribution in [3.8, 4) is 0 Å². The van der Waals surface area contributed by atoms with Crippen LogP contribution in [0.4, 0.5) is 11.4 Å². The SMILES string of the molecule is C/C=C/c1ccc2n(c1=O)C[C@@H]1[C@@H](CO)[C@H](C(=O)Nc3ccccc3)N(CC3CCCC3)[C@H]21.C/C=C\c1ccc2n(c1=O)C[C@@H]1[C@@H](CO)[C@H](C(=O)Nc3ccccc3)N(CC3CCCC3)[C@H]21. The minimum absolute atomic E-state index is 0.0165. The van der Waals surface area contributed by atoms with Gasteiger partial charge in [-0.1, -0.05) is 86.4 Å². The summed E-state index contributed by atoms with van der Waals surface area (Å²) in [7, 11) is 0. The Kier molecular flexibility index (Phi) is 14.0. The lowest BCUT2D eigenvalue weighted by Crippen LogP contribution is -2.47. The summed E-state index contributed by atoms with van der Waals surface area (Å²) in [5.74, 6) is 0.623. The number of aliphatic hydroxyl groups excluding tert-OH is 2. The highest BCUT2D eigenvalue weighted by atomic mass is 16.3. The first-order valence-electron chi connectivity index (χ1n) is 24.4. The van der Waals surface area contributed by atoms with Crippen LogP contribution in [0.5, 0.6) is 0 Å². The van der Waals surface area contributed by atoms with E-state index in [0.717, 1.165) is 35.9 Å².